The molecule has 3 heterocycles. The number of hydrogen-bond donors (Lipinski definition) is 1. The van der Waals surface area contributed by atoms with Gasteiger partial charge in [0.05, 0.1) is 5.69 Å². The Kier molecular flexibility index (Phi) is 4.45. The Labute approximate surface area is 153 Å². The van der Waals surface area contributed by atoms with Crippen LogP contribution >= 0.6 is 11.3 Å². The van der Waals surface area contributed by atoms with Crippen LogP contribution in [0.4, 0.5) is 4.39 Å². The van der Waals surface area contributed by atoms with Crippen LogP contribution in [0, 0.1) is 5.82 Å². The molecule has 26 heavy (non-hydrogen) atoms. The Balaban J connectivity index is 1.50. The fourth-order valence-corrected chi connectivity index (χ4v) is 3.53. The third-order valence-electron chi connectivity index (χ3n) is 3.95. The number of nitrogens with zero attached hydrogens (tertiary/aromatic N) is 3. The summed E-state index contributed by atoms with van der Waals surface area (Å²) in [5, 5.41) is 4.67. The summed E-state index contributed by atoms with van der Waals surface area (Å²) in [6, 6.07) is 12.0. The number of hydrogen-bond acceptors (Lipinski definition) is 4. The number of halogens is 1. The van der Waals surface area contributed by atoms with Gasteiger partial charge in [-0.3, -0.25) is 14.2 Å². The van der Waals surface area contributed by atoms with Gasteiger partial charge in [-0.2, -0.15) is 0 Å². The first-order valence-corrected chi connectivity index (χ1v) is 8.99. The molecular weight excluding hydrogens is 351 g/mol. The first-order chi connectivity index (χ1) is 12.7. The van der Waals surface area contributed by atoms with Crippen molar-refractivity contribution in [3.8, 4) is 11.3 Å². The zero-order chi connectivity index (χ0) is 17.9. The molecule has 5 nitrogen and oxygen atoms in total. The molecule has 0 aliphatic heterocycles. The molecule has 1 N–H and O–H groups in total. The zero-order valence-electron chi connectivity index (χ0n) is 13.7. The molecule has 0 spiro atoms. The lowest BCUT2D eigenvalue weighted by molar-refractivity contribution is 0.0948. The fourth-order valence-electron chi connectivity index (χ4n) is 2.67. The number of pyridine rings is 1. The number of carbonyl (C=O) groups excluding carboxylic acids is 1. The van der Waals surface area contributed by atoms with Crippen molar-refractivity contribution in [3.05, 3.63) is 77.4 Å². The molecule has 0 aliphatic carbocycles. The minimum absolute atomic E-state index is 0.171. The molecule has 0 radical (unpaired) electrons. The predicted molar refractivity (Wildman–Crippen MR) is 98.7 cm³/mol. The number of imidazole rings is 1. The van der Waals surface area contributed by atoms with Gasteiger partial charge in [0, 0.05) is 42.0 Å². The fraction of sp³-hybridized carbons (Fsp3) is 0.105. The second kappa shape index (κ2) is 7.05. The summed E-state index contributed by atoms with van der Waals surface area (Å²) in [6.07, 6.45) is 4.16. The molecule has 0 bridgehead atoms. The van der Waals surface area contributed by atoms with Crippen LogP contribution < -0.4 is 5.32 Å². The summed E-state index contributed by atoms with van der Waals surface area (Å²) in [7, 11) is 0. The molecular formula is C19H15FN4OS. The van der Waals surface area contributed by atoms with E-state index in [-0.39, 0.29) is 11.7 Å². The van der Waals surface area contributed by atoms with Crippen LogP contribution in [-0.4, -0.2) is 26.8 Å². The lowest BCUT2D eigenvalue weighted by Crippen LogP contribution is -2.26. The topological polar surface area (TPSA) is 59.3 Å². The summed E-state index contributed by atoms with van der Waals surface area (Å²) in [5.41, 5.74) is 2.77. The Morgan fingerprint density at radius 3 is 2.96 bits per heavy atom. The standard InChI is InChI=1S/C19H15FN4OS/c20-14-5-3-4-13(10-14)16-11-24-17(12-26-19(24)23-16)18(25)22-9-7-15-6-1-2-8-21-15/h1-6,8,10-12H,7,9H2,(H,22,25). The van der Waals surface area contributed by atoms with Gasteiger partial charge in [0.25, 0.3) is 5.91 Å². The molecule has 1 amide bonds. The van der Waals surface area contributed by atoms with Crippen molar-refractivity contribution in [1.82, 2.24) is 19.7 Å². The quantitative estimate of drug-likeness (QED) is 0.587. The highest BCUT2D eigenvalue weighted by Gasteiger charge is 2.15. The van der Waals surface area contributed by atoms with Crippen LogP contribution in [-0.2, 0) is 6.42 Å². The third-order valence-corrected chi connectivity index (χ3v) is 4.79. The van der Waals surface area contributed by atoms with E-state index in [2.05, 4.69) is 15.3 Å². The van der Waals surface area contributed by atoms with Crippen molar-refractivity contribution in [3.63, 3.8) is 0 Å². The van der Waals surface area contributed by atoms with E-state index in [1.807, 2.05) is 18.2 Å². The Hall–Kier alpha value is -3.06. The number of benzene rings is 1. The summed E-state index contributed by atoms with van der Waals surface area (Å²) >= 11 is 1.38. The van der Waals surface area contributed by atoms with Gasteiger partial charge < -0.3 is 5.32 Å². The third kappa shape index (κ3) is 3.34. The second-order valence-corrected chi connectivity index (χ2v) is 6.57. The molecule has 0 saturated carbocycles. The zero-order valence-corrected chi connectivity index (χ0v) is 14.5. The minimum atomic E-state index is -0.314. The number of rotatable bonds is 5. The maximum Gasteiger partial charge on any atom is 0.269 e. The van der Waals surface area contributed by atoms with Crippen LogP contribution in [0.5, 0.6) is 0 Å². The molecule has 1 aromatic carbocycles. The predicted octanol–water partition coefficient (Wildman–Crippen LogP) is 3.57. The molecule has 3 aromatic heterocycles. The summed E-state index contributed by atoms with van der Waals surface area (Å²) < 4.78 is 15.2. The Bertz CT molecular complexity index is 1060. The molecule has 0 aliphatic rings. The van der Waals surface area contributed by atoms with Crippen molar-refractivity contribution in [2.75, 3.05) is 6.54 Å². The first kappa shape index (κ1) is 16.4. The first-order valence-electron chi connectivity index (χ1n) is 8.11. The van der Waals surface area contributed by atoms with Gasteiger partial charge in [-0.05, 0) is 24.3 Å². The van der Waals surface area contributed by atoms with Gasteiger partial charge in [-0.25, -0.2) is 9.37 Å². The highest BCUT2D eigenvalue weighted by Crippen LogP contribution is 2.24. The van der Waals surface area contributed by atoms with E-state index in [1.165, 1.54) is 23.5 Å². The second-order valence-electron chi connectivity index (χ2n) is 5.74. The van der Waals surface area contributed by atoms with Crippen molar-refractivity contribution in [2.24, 2.45) is 0 Å². The summed E-state index contributed by atoms with van der Waals surface area (Å²) in [5.74, 6) is -0.485. The highest BCUT2D eigenvalue weighted by atomic mass is 32.1. The lowest BCUT2D eigenvalue weighted by Gasteiger charge is -2.04. The van der Waals surface area contributed by atoms with Crippen molar-refractivity contribution in [2.45, 2.75) is 6.42 Å². The number of thiazole rings is 1. The monoisotopic (exact) mass is 366 g/mol. The largest absolute Gasteiger partial charge is 0.350 e. The van der Waals surface area contributed by atoms with Crippen LogP contribution in [0.3, 0.4) is 0 Å². The minimum Gasteiger partial charge on any atom is -0.350 e. The number of nitrogens with one attached hydrogen (secondary N) is 1. The SMILES string of the molecule is O=C(NCCc1ccccn1)c1csc2nc(-c3cccc(F)c3)cn12. The lowest BCUT2D eigenvalue weighted by atomic mass is 10.2. The van der Waals surface area contributed by atoms with Gasteiger partial charge in [0.2, 0.25) is 0 Å². The van der Waals surface area contributed by atoms with Crippen molar-refractivity contribution >= 4 is 22.2 Å². The molecule has 130 valence electrons. The van der Waals surface area contributed by atoms with Gasteiger partial charge in [-0.15, -0.1) is 11.3 Å². The molecule has 4 rings (SSSR count). The molecule has 4 aromatic rings. The molecule has 0 atom stereocenters. The van der Waals surface area contributed by atoms with Crippen molar-refractivity contribution in [1.29, 1.82) is 0 Å². The van der Waals surface area contributed by atoms with E-state index in [9.17, 15) is 9.18 Å². The van der Waals surface area contributed by atoms with Crippen LogP contribution in [0.2, 0.25) is 0 Å². The van der Waals surface area contributed by atoms with E-state index in [1.54, 1.807) is 34.3 Å². The van der Waals surface area contributed by atoms with E-state index in [0.717, 1.165) is 5.69 Å². The Morgan fingerprint density at radius 1 is 1.23 bits per heavy atom. The summed E-state index contributed by atoms with van der Waals surface area (Å²) in [4.78, 5) is 21.9. The van der Waals surface area contributed by atoms with E-state index >= 15 is 0 Å². The summed E-state index contributed by atoms with van der Waals surface area (Å²) in [6.45, 7) is 0.499. The average molecular weight is 366 g/mol. The number of carbonyl (C=O) groups is 1. The van der Waals surface area contributed by atoms with Gasteiger partial charge in [0.1, 0.15) is 11.5 Å². The smallest absolute Gasteiger partial charge is 0.269 e. The molecule has 0 saturated heterocycles. The molecule has 0 fully saturated rings. The van der Waals surface area contributed by atoms with Gasteiger partial charge in [0.15, 0.2) is 4.96 Å². The molecule has 0 unspecified atom stereocenters. The normalized spacial score (nSPS) is 11.0. The highest BCUT2D eigenvalue weighted by molar-refractivity contribution is 7.15. The van der Waals surface area contributed by atoms with E-state index in [0.29, 0.717) is 34.9 Å². The van der Waals surface area contributed by atoms with Gasteiger partial charge >= 0.3 is 0 Å². The van der Waals surface area contributed by atoms with Crippen LogP contribution in [0.25, 0.3) is 16.2 Å². The van der Waals surface area contributed by atoms with E-state index in [4.69, 9.17) is 0 Å². The number of fused-ring (bicyclic) bond motifs is 1. The maximum absolute atomic E-state index is 13.4. The molecule has 7 heteroatoms. The van der Waals surface area contributed by atoms with Crippen molar-refractivity contribution < 1.29 is 9.18 Å². The average Bonchev–Trinajstić information content (AvgIpc) is 3.23. The Morgan fingerprint density at radius 2 is 2.15 bits per heavy atom. The van der Waals surface area contributed by atoms with Crippen LogP contribution in [0.15, 0.2) is 60.2 Å². The van der Waals surface area contributed by atoms with E-state index < -0.39 is 0 Å². The number of aromatic nitrogens is 3. The maximum atomic E-state index is 13.4. The van der Waals surface area contributed by atoms with Crippen LogP contribution in [0.1, 0.15) is 16.2 Å². The van der Waals surface area contributed by atoms with Gasteiger partial charge in [-0.1, -0.05) is 18.2 Å². The number of amides is 1.